The fourth-order valence-corrected chi connectivity index (χ4v) is 2.28. The molecule has 2 N–H and O–H groups in total. The predicted molar refractivity (Wildman–Crippen MR) is 88.5 cm³/mol. The van der Waals surface area contributed by atoms with Crippen LogP contribution in [0.3, 0.4) is 0 Å². The Bertz CT molecular complexity index is 745. The van der Waals surface area contributed by atoms with Crippen molar-refractivity contribution >= 4 is 27.7 Å². The standard InChI is InChI=1S/C16H17BrFN3O2/c1-16(2,3)23-15(22)14-10(7-13(19)20-21-14)6-9-4-5-11(17)8-12(9)18/h4-5,7-8H,6H2,1-3H3,(H2,19,20). The van der Waals surface area contributed by atoms with E-state index in [0.717, 1.165) is 0 Å². The lowest BCUT2D eigenvalue weighted by Crippen LogP contribution is -2.25. The molecule has 122 valence electrons. The highest BCUT2D eigenvalue weighted by molar-refractivity contribution is 9.10. The van der Waals surface area contributed by atoms with E-state index in [0.29, 0.717) is 15.6 Å². The van der Waals surface area contributed by atoms with Crippen LogP contribution >= 0.6 is 15.9 Å². The summed E-state index contributed by atoms with van der Waals surface area (Å²) < 4.78 is 20.0. The number of hydrogen-bond donors (Lipinski definition) is 1. The zero-order valence-corrected chi connectivity index (χ0v) is 14.6. The summed E-state index contributed by atoms with van der Waals surface area (Å²) in [6.45, 7) is 5.26. The number of rotatable bonds is 3. The summed E-state index contributed by atoms with van der Waals surface area (Å²) in [7, 11) is 0. The molecule has 23 heavy (non-hydrogen) atoms. The highest BCUT2D eigenvalue weighted by Gasteiger charge is 2.23. The zero-order valence-electron chi connectivity index (χ0n) is 13.1. The van der Waals surface area contributed by atoms with Crippen LogP contribution in [-0.2, 0) is 11.2 Å². The molecule has 0 saturated carbocycles. The Labute approximate surface area is 142 Å². The molecule has 0 radical (unpaired) electrons. The summed E-state index contributed by atoms with van der Waals surface area (Å²) in [6.07, 6.45) is 0.160. The highest BCUT2D eigenvalue weighted by Crippen LogP contribution is 2.21. The van der Waals surface area contributed by atoms with E-state index in [-0.39, 0.29) is 23.7 Å². The van der Waals surface area contributed by atoms with Gasteiger partial charge in [0, 0.05) is 10.9 Å². The van der Waals surface area contributed by atoms with Crippen molar-refractivity contribution in [3.63, 3.8) is 0 Å². The topological polar surface area (TPSA) is 78.1 Å². The van der Waals surface area contributed by atoms with Crippen molar-refractivity contribution in [3.05, 3.63) is 51.4 Å². The third-order valence-corrected chi connectivity index (χ3v) is 3.37. The van der Waals surface area contributed by atoms with Crippen LogP contribution in [0.2, 0.25) is 0 Å². The number of esters is 1. The van der Waals surface area contributed by atoms with Gasteiger partial charge in [-0.3, -0.25) is 0 Å². The molecule has 0 unspecified atom stereocenters. The first kappa shape index (κ1) is 17.3. The van der Waals surface area contributed by atoms with Crippen LogP contribution in [0.15, 0.2) is 28.7 Å². The van der Waals surface area contributed by atoms with Crippen LogP contribution in [-0.4, -0.2) is 21.8 Å². The van der Waals surface area contributed by atoms with Crippen molar-refractivity contribution in [3.8, 4) is 0 Å². The molecule has 0 bridgehead atoms. The number of hydrogen-bond acceptors (Lipinski definition) is 5. The minimum Gasteiger partial charge on any atom is -0.455 e. The molecule has 2 rings (SSSR count). The van der Waals surface area contributed by atoms with E-state index in [1.807, 2.05) is 0 Å². The van der Waals surface area contributed by atoms with Crippen LogP contribution < -0.4 is 5.73 Å². The summed E-state index contributed by atoms with van der Waals surface area (Å²) in [4.78, 5) is 12.3. The summed E-state index contributed by atoms with van der Waals surface area (Å²) in [5, 5.41) is 7.52. The summed E-state index contributed by atoms with van der Waals surface area (Å²) in [5.41, 5.74) is 5.90. The first-order valence-corrected chi connectivity index (χ1v) is 7.74. The maximum atomic E-state index is 14.0. The lowest BCUT2D eigenvalue weighted by Gasteiger charge is -2.20. The molecule has 0 spiro atoms. The second-order valence-electron chi connectivity index (χ2n) is 6.06. The molecule has 1 aromatic heterocycles. The molecular formula is C16H17BrFN3O2. The smallest absolute Gasteiger partial charge is 0.359 e. The Balaban J connectivity index is 2.37. The van der Waals surface area contributed by atoms with Gasteiger partial charge in [0.15, 0.2) is 5.69 Å². The highest BCUT2D eigenvalue weighted by atomic mass is 79.9. The van der Waals surface area contributed by atoms with Gasteiger partial charge < -0.3 is 10.5 Å². The molecule has 1 heterocycles. The van der Waals surface area contributed by atoms with Gasteiger partial charge in [0.2, 0.25) is 0 Å². The average molecular weight is 382 g/mol. The van der Waals surface area contributed by atoms with Gasteiger partial charge in [-0.15, -0.1) is 10.2 Å². The predicted octanol–water partition coefficient (Wildman–Crippen LogP) is 3.51. The van der Waals surface area contributed by atoms with E-state index in [2.05, 4.69) is 26.1 Å². The van der Waals surface area contributed by atoms with Gasteiger partial charge in [-0.05, 0) is 50.1 Å². The average Bonchev–Trinajstić information content (AvgIpc) is 2.40. The minimum absolute atomic E-state index is 0.0384. The number of carbonyl (C=O) groups is 1. The number of ether oxygens (including phenoxy) is 1. The molecule has 0 aliphatic heterocycles. The molecule has 0 amide bonds. The van der Waals surface area contributed by atoms with Crippen molar-refractivity contribution in [1.29, 1.82) is 0 Å². The number of aromatic nitrogens is 2. The summed E-state index contributed by atoms with van der Waals surface area (Å²) in [6, 6.07) is 6.23. The van der Waals surface area contributed by atoms with Gasteiger partial charge in [0.25, 0.3) is 0 Å². The third kappa shape index (κ3) is 4.72. The van der Waals surface area contributed by atoms with E-state index in [1.54, 1.807) is 32.9 Å². The van der Waals surface area contributed by atoms with E-state index < -0.39 is 11.6 Å². The van der Waals surface area contributed by atoms with Gasteiger partial charge in [0.05, 0.1) is 0 Å². The first-order valence-electron chi connectivity index (χ1n) is 6.95. The Hall–Kier alpha value is -2.02. The second-order valence-corrected chi connectivity index (χ2v) is 6.97. The van der Waals surface area contributed by atoms with Crippen LogP contribution in [0.1, 0.15) is 42.4 Å². The van der Waals surface area contributed by atoms with Crippen molar-refractivity contribution in [2.45, 2.75) is 32.8 Å². The molecule has 0 aliphatic rings. The maximum absolute atomic E-state index is 14.0. The van der Waals surface area contributed by atoms with Crippen LogP contribution in [0.4, 0.5) is 10.2 Å². The molecule has 0 aliphatic carbocycles. The van der Waals surface area contributed by atoms with E-state index in [1.165, 1.54) is 12.1 Å². The fraction of sp³-hybridized carbons (Fsp3) is 0.312. The number of halogens is 2. The maximum Gasteiger partial charge on any atom is 0.359 e. The minimum atomic E-state index is -0.666. The van der Waals surface area contributed by atoms with Gasteiger partial charge in [-0.1, -0.05) is 22.0 Å². The van der Waals surface area contributed by atoms with Gasteiger partial charge in [-0.2, -0.15) is 0 Å². The number of anilines is 1. The quantitative estimate of drug-likeness (QED) is 0.822. The van der Waals surface area contributed by atoms with Crippen LogP contribution in [0, 0.1) is 5.82 Å². The van der Waals surface area contributed by atoms with Crippen molar-refractivity contribution < 1.29 is 13.9 Å². The van der Waals surface area contributed by atoms with E-state index in [9.17, 15) is 9.18 Å². The zero-order chi connectivity index (χ0) is 17.2. The van der Waals surface area contributed by atoms with Crippen molar-refractivity contribution in [2.24, 2.45) is 0 Å². The fourth-order valence-electron chi connectivity index (χ4n) is 1.95. The number of nitrogens with zero attached hydrogens (tertiary/aromatic N) is 2. The number of benzene rings is 1. The monoisotopic (exact) mass is 381 g/mol. The van der Waals surface area contributed by atoms with Gasteiger partial charge >= 0.3 is 5.97 Å². The molecule has 7 heteroatoms. The molecule has 1 aromatic carbocycles. The summed E-state index contributed by atoms with van der Waals surface area (Å²) >= 11 is 3.21. The lowest BCUT2D eigenvalue weighted by molar-refractivity contribution is 0.00605. The Morgan fingerprint density at radius 1 is 1.26 bits per heavy atom. The van der Waals surface area contributed by atoms with Gasteiger partial charge in [0.1, 0.15) is 17.2 Å². The van der Waals surface area contributed by atoms with E-state index in [4.69, 9.17) is 10.5 Å². The molecule has 2 aromatic rings. The van der Waals surface area contributed by atoms with Gasteiger partial charge in [-0.25, -0.2) is 9.18 Å². The molecule has 0 saturated heterocycles. The molecular weight excluding hydrogens is 365 g/mol. The molecule has 5 nitrogen and oxygen atoms in total. The third-order valence-electron chi connectivity index (χ3n) is 2.88. The molecule has 0 atom stereocenters. The Kier molecular flexibility index (Phi) is 4.99. The Morgan fingerprint density at radius 2 is 1.96 bits per heavy atom. The van der Waals surface area contributed by atoms with Crippen LogP contribution in [0.5, 0.6) is 0 Å². The Morgan fingerprint density at radius 3 is 2.57 bits per heavy atom. The lowest BCUT2D eigenvalue weighted by atomic mass is 10.0. The largest absolute Gasteiger partial charge is 0.455 e. The number of nitrogens with two attached hydrogens (primary N) is 1. The first-order chi connectivity index (χ1) is 10.7. The normalized spacial score (nSPS) is 11.3. The van der Waals surface area contributed by atoms with Crippen molar-refractivity contribution in [1.82, 2.24) is 10.2 Å². The SMILES string of the molecule is CC(C)(C)OC(=O)c1nnc(N)cc1Cc1ccc(Br)cc1F. The van der Waals surface area contributed by atoms with Crippen molar-refractivity contribution in [2.75, 3.05) is 5.73 Å². The second kappa shape index (κ2) is 6.62. The van der Waals surface area contributed by atoms with Crippen LogP contribution in [0.25, 0.3) is 0 Å². The number of carbonyl (C=O) groups excluding carboxylic acids is 1. The number of nitrogen functional groups attached to an aromatic ring is 1. The van der Waals surface area contributed by atoms with E-state index >= 15 is 0 Å². The summed E-state index contributed by atoms with van der Waals surface area (Å²) in [5.74, 6) is -0.841. The molecule has 0 fully saturated rings.